The zero-order valence-corrected chi connectivity index (χ0v) is 16.7. The van der Waals surface area contributed by atoms with Crippen LogP contribution in [0, 0.1) is 0 Å². The van der Waals surface area contributed by atoms with E-state index in [2.05, 4.69) is 86.8 Å². The minimum absolute atomic E-state index is 0.804. The van der Waals surface area contributed by atoms with Crippen LogP contribution < -0.4 is 4.90 Å². The molecular weight excluding hydrogens is 372 g/mol. The van der Waals surface area contributed by atoms with Gasteiger partial charge in [-0.2, -0.15) is 5.10 Å². The second-order valence-electron chi connectivity index (χ2n) is 7.43. The van der Waals surface area contributed by atoms with Gasteiger partial charge in [-0.05, 0) is 59.0 Å². The van der Waals surface area contributed by atoms with Crippen LogP contribution in [0.15, 0.2) is 60.8 Å². The fraction of sp³-hybridized carbons (Fsp3) is 0.160. The predicted octanol–water partition coefficient (Wildman–Crippen LogP) is 5.07. The number of nitrogens with one attached hydrogen (secondary N) is 2. The Morgan fingerprint density at radius 2 is 1.63 bits per heavy atom. The van der Waals surface area contributed by atoms with Gasteiger partial charge in [-0.1, -0.05) is 36.4 Å². The molecule has 30 heavy (non-hydrogen) atoms. The molecule has 0 bridgehead atoms. The van der Waals surface area contributed by atoms with E-state index in [0.717, 1.165) is 54.3 Å². The molecule has 5 nitrogen and oxygen atoms in total. The first-order valence-corrected chi connectivity index (χ1v) is 10.2. The van der Waals surface area contributed by atoms with Crippen molar-refractivity contribution >= 4 is 40.9 Å². The molecule has 0 radical (unpaired) electrons. The number of morpholine rings is 1. The van der Waals surface area contributed by atoms with Gasteiger partial charge in [0.2, 0.25) is 0 Å². The third kappa shape index (κ3) is 4.21. The van der Waals surface area contributed by atoms with Crippen molar-refractivity contribution in [2.24, 2.45) is 0 Å². The Balaban J connectivity index is 1.23. The topological polar surface area (TPSA) is 56.9 Å². The van der Waals surface area contributed by atoms with Gasteiger partial charge in [0.1, 0.15) is 0 Å². The molecule has 0 saturated carbocycles. The van der Waals surface area contributed by atoms with E-state index in [0.29, 0.717) is 0 Å². The molecule has 2 aromatic heterocycles. The maximum atomic E-state index is 5.42. The Kier molecular flexibility index (Phi) is 5.19. The van der Waals surface area contributed by atoms with Gasteiger partial charge in [-0.25, -0.2) is 0 Å². The average molecular weight is 396 g/mol. The number of aromatic nitrogens is 3. The highest BCUT2D eigenvalue weighted by Crippen LogP contribution is 2.19. The van der Waals surface area contributed by atoms with E-state index in [1.165, 1.54) is 11.1 Å². The SMILES string of the molecule is C(=Cc1cc(C=Cc2ccc3cc[nH]c3c2)n[nH]1)c1ccc(N2CCOCC2)cc1. The van der Waals surface area contributed by atoms with E-state index < -0.39 is 0 Å². The van der Waals surface area contributed by atoms with Crippen LogP contribution in [-0.2, 0) is 4.74 Å². The number of aromatic amines is 2. The van der Waals surface area contributed by atoms with Crippen molar-refractivity contribution in [3.05, 3.63) is 83.3 Å². The monoisotopic (exact) mass is 396 g/mol. The number of hydrogen-bond donors (Lipinski definition) is 2. The maximum Gasteiger partial charge on any atom is 0.0854 e. The summed E-state index contributed by atoms with van der Waals surface area (Å²) >= 11 is 0. The van der Waals surface area contributed by atoms with Crippen LogP contribution in [0.5, 0.6) is 0 Å². The molecule has 0 spiro atoms. The molecule has 1 saturated heterocycles. The summed E-state index contributed by atoms with van der Waals surface area (Å²) in [5, 5.41) is 8.69. The van der Waals surface area contributed by atoms with Gasteiger partial charge in [0.15, 0.2) is 0 Å². The van der Waals surface area contributed by atoms with E-state index >= 15 is 0 Å². The molecule has 0 aliphatic carbocycles. The molecule has 4 aromatic rings. The molecule has 0 atom stereocenters. The van der Waals surface area contributed by atoms with Crippen molar-refractivity contribution in [3.8, 4) is 0 Å². The molecule has 1 aliphatic rings. The van der Waals surface area contributed by atoms with E-state index in [1.54, 1.807) is 0 Å². The van der Waals surface area contributed by atoms with Crippen molar-refractivity contribution in [2.75, 3.05) is 31.2 Å². The molecule has 0 amide bonds. The first-order chi connectivity index (χ1) is 14.8. The van der Waals surface area contributed by atoms with Crippen LogP contribution >= 0.6 is 0 Å². The average Bonchev–Trinajstić information content (AvgIpc) is 3.46. The molecule has 2 N–H and O–H groups in total. The first kappa shape index (κ1) is 18.5. The Hall–Kier alpha value is -3.57. The van der Waals surface area contributed by atoms with E-state index in [4.69, 9.17) is 4.74 Å². The fourth-order valence-electron chi connectivity index (χ4n) is 3.68. The third-order valence-corrected chi connectivity index (χ3v) is 5.37. The number of anilines is 1. The van der Waals surface area contributed by atoms with Crippen LogP contribution in [0.2, 0.25) is 0 Å². The minimum Gasteiger partial charge on any atom is -0.378 e. The van der Waals surface area contributed by atoms with Crippen LogP contribution in [0.3, 0.4) is 0 Å². The third-order valence-electron chi connectivity index (χ3n) is 5.37. The second-order valence-corrected chi connectivity index (χ2v) is 7.43. The number of hydrogen-bond acceptors (Lipinski definition) is 3. The highest BCUT2D eigenvalue weighted by atomic mass is 16.5. The summed E-state index contributed by atoms with van der Waals surface area (Å²) in [7, 11) is 0. The molecule has 5 heteroatoms. The van der Waals surface area contributed by atoms with E-state index in [-0.39, 0.29) is 0 Å². The number of H-pyrrole nitrogens is 2. The van der Waals surface area contributed by atoms with Crippen molar-refractivity contribution in [2.45, 2.75) is 0 Å². The molecular formula is C25H24N4O. The van der Waals surface area contributed by atoms with Crippen LogP contribution in [-0.4, -0.2) is 41.5 Å². The summed E-state index contributed by atoms with van der Waals surface area (Å²) in [4.78, 5) is 5.60. The van der Waals surface area contributed by atoms with Crippen molar-refractivity contribution in [1.82, 2.24) is 15.2 Å². The van der Waals surface area contributed by atoms with Crippen molar-refractivity contribution < 1.29 is 4.74 Å². The number of nitrogens with zero attached hydrogens (tertiary/aromatic N) is 2. The summed E-state index contributed by atoms with van der Waals surface area (Å²) in [6, 6.07) is 19.1. The van der Waals surface area contributed by atoms with Gasteiger partial charge in [-0.3, -0.25) is 5.10 Å². The Labute approximate surface area is 175 Å². The van der Waals surface area contributed by atoms with Gasteiger partial charge < -0.3 is 14.6 Å². The summed E-state index contributed by atoms with van der Waals surface area (Å²) in [5.74, 6) is 0. The normalized spacial score (nSPS) is 15.0. The van der Waals surface area contributed by atoms with Crippen molar-refractivity contribution in [1.29, 1.82) is 0 Å². The molecule has 150 valence electrons. The molecule has 5 rings (SSSR count). The lowest BCUT2D eigenvalue weighted by atomic mass is 10.1. The summed E-state index contributed by atoms with van der Waals surface area (Å²) in [6.45, 7) is 3.52. The molecule has 0 unspecified atom stereocenters. The Morgan fingerprint density at radius 3 is 2.50 bits per heavy atom. The molecule has 2 aromatic carbocycles. The molecule has 1 fully saturated rings. The molecule has 1 aliphatic heterocycles. The lowest BCUT2D eigenvalue weighted by Crippen LogP contribution is -2.36. The number of benzene rings is 2. The number of ether oxygens (including phenoxy) is 1. The predicted molar refractivity (Wildman–Crippen MR) is 124 cm³/mol. The maximum absolute atomic E-state index is 5.42. The lowest BCUT2D eigenvalue weighted by molar-refractivity contribution is 0.122. The first-order valence-electron chi connectivity index (χ1n) is 10.2. The standard InChI is InChI=1S/C25H24N4O/c1-6-21-11-12-26-25(21)17-20(1)3-8-23-18-22(27-28-23)7-2-19-4-9-24(10-5-19)29-13-15-30-16-14-29/h1-12,17-18,26H,13-16H2,(H,27,28). The Morgan fingerprint density at radius 1 is 0.833 bits per heavy atom. The second kappa shape index (κ2) is 8.43. The van der Waals surface area contributed by atoms with Crippen LogP contribution in [0.25, 0.3) is 35.2 Å². The van der Waals surface area contributed by atoms with Crippen LogP contribution in [0.1, 0.15) is 22.5 Å². The highest BCUT2D eigenvalue weighted by molar-refractivity contribution is 5.83. The smallest absolute Gasteiger partial charge is 0.0854 e. The zero-order chi connectivity index (χ0) is 20.2. The van der Waals surface area contributed by atoms with E-state index in [9.17, 15) is 0 Å². The largest absolute Gasteiger partial charge is 0.378 e. The summed E-state index contributed by atoms with van der Waals surface area (Å²) in [6.07, 6.45) is 10.2. The fourth-order valence-corrected chi connectivity index (χ4v) is 3.68. The van der Waals surface area contributed by atoms with Gasteiger partial charge in [0.05, 0.1) is 24.6 Å². The zero-order valence-electron chi connectivity index (χ0n) is 16.7. The minimum atomic E-state index is 0.804. The van der Waals surface area contributed by atoms with Crippen molar-refractivity contribution in [3.63, 3.8) is 0 Å². The quantitative estimate of drug-likeness (QED) is 0.495. The highest BCUT2D eigenvalue weighted by Gasteiger charge is 2.10. The number of rotatable bonds is 5. The Bertz CT molecular complexity index is 1180. The summed E-state index contributed by atoms with van der Waals surface area (Å²) in [5.41, 5.74) is 6.59. The van der Waals surface area contributed by atoms with Gasteiger partial charge in [-0.15, -0.1) is 0 Å². The van der Waals surface area contributed by atoms with Crippen LogP contribution in [0.4, 0.5) is 5.69 Å². The molecule has 3 heterocycles. The van der Waals surface area contributed by atoms with Gasteiger partial charge in [0.25, 0.3) is 0 Å². The van der Waals surface area contributed by atoms with Gasteiger partial charge in [0, 0.05) is 30.5 Å². The lowest BCUT2D eigenvalue weighted by Gasteiger charge is -2.28. The summed E-state index contributed by atoms with van der Waals surface area (Å²) < 4.78 is 5.42. The van der Waals surface area contributed by atoms with Gasteiger partial charge >= 0.3 is 0 Å². The number of fused-ring (bicyclic) bond motifs is 1. The van der Waals surface area contributed by atoms with E-state index in [1.807, 2.05) is 18.3 Å².